The molecule has 3 heteroatoms. The number of carbonyl (C=O) groups excluding carboxylic acids is 1. The Labute approximate surface area is 147 Å². The van der Waals surface area contributed by atoms with E-state index < -0.39 is 5.91 Å². The van der Waals surface area contributed by atoms with Gasteiger partial charge in [0.1, 0.15) is 0 Å². The van der Waals surface area contributed by atoms with Crippen LogP contribution in [-0.4, -0.2) is 5.91 Å². The molecule has 25 heavy (non-hydrogen) atoms. The molecule has 3 aromatic rings. The molecule has 3 N–H and O–H groups in total. The second kappa shape index (κ2) is 7.49. The van der Waals surface area contributed by atoms with Gasteiger partial charge in [0.25, 0.3) is 0 Å². The number of amides is 1. The number of hydrogen-bond donors (Lipinski definition) is 2. The number of nitrogens with one attached hydrogen (secondary N) is 1. The Balaban J connectivity index is 1.89. The van der Waals surface area contributed by atoms with Crippen LogP contribution in [0.3, 0.4) is 0 Å². The van der Waals surface area contributed by atoms with Gasteiger partial charge in [-0.05, 0) is 35.4 Å². The molecule has 1 atom stereocenters. The smallest absolute Gasteiger partial charge is 0.244 e. The molecule has 0 heterocycles. The fourth-order valence-electron chi connectivity index (χ4n) is 2.83. The van der Waals surface area contributed by atoms with Crippen LogP contribution in [0.5, 0.6) is 0 Å². The zero-order chi connectivity index (χ0) is 17.6. The molecule has 0 saturated carbocycles. The van der Waals surface area contributed by atoms with Crippen molar-refractivity contribution in [2.24, 2.45) is 5.73 Å². The Kier molecular flexibility index (Phi) is 4.95. The molecule has 0 fully saturated rings. The predicted octanol–water partition coefficient (Wildman–Crippen LogP) is 4.60. The Morgan fingerprint density at radius 1 is 0.760 bits per heavy atom. The van der Waals surface area contributed by atoms with E-state index >= 15 is 0 Å². The lowest BCUT2D eigenvalue weighted by atomic mass is 9.85. The summed E-state index contributed by atoms with van der Waals surface area (Å²) in [5, 5.41) is 3.35. The van der Waals surface area contributed by atoms with Crippen molar-refractivity contribution < 1.29 is 4.79 Å². The molecular formula is C22H20N2O. The number of carbonyl (C=O) groups is 1. The fourth-order valence-corrected chi connectivity index (χ4v) is 2.83. The quantitative estimate of drug-likeness (QED) is 0.650. The van der Waals surface area contributed by atoms with Crippen LogP contribution in [0, 0.1) is 0 Å². The summed E-state index contributed by atoms with van der Waals surface area (Å²) < 4.78 is 0. The molecule has 124 valence electrons. The molecule has 0 bridgehead atoms. The van der Waals surface area contributed by atoms with Crippen LogP contribution in [0.2, 0.25) is 0 Å². The van der Waals surface area contributed by atoms with E-state index in [0.29, 0.717) is 5.57 Å². The molecule has 0 aliphatic carbocycles. The summed E-state index contributed by atoms with van der Waals surface area (Å²) in [5.41, 5.74) is 9.86. The molecule has 0 aliphatic heterocycles. The molecule has 0 aliphatic rings. The van der Waals surface area contributed by atoms with Crippen molar-refractivity contribution in [3.05, 3.63) is 108 Å². The van der Waals surface area contributed by atoms with E-state index in [1.807, 2.05) is 84.9 Å². The first-order valence-electron chi connectivity index (χ1n) is 8.11. The molecule has 0 radical (unpaired) electrons. The van der Waals surface area contributed by atoms with Crippen molar-refractivity contribution in [3.8, 4) is 0 Å². The summed E-state index contributed by atoms with van der Waals surface area (Å²) in [6.45, 7) is 3.91. The first-order valence-corrected chi connectivity index (χ1v) is 8.11. The molecular weight excluding hydrogens is 308 g/mol. The highest BCUT2D eigenvalue weighted by Gasteiger charge is 2.21. The van der Waals surface area contributed by atoms with Gasteiger partial charge in [-0.1, -0.05) is 67.2 Å². The third kappa shape index (κ3) is 3.96. The lowest BCUT2D eigenvalue weighted by Crippen LogP contribution is -2.19. The Hall–Kier alpha value is -3.33. The van der Waals surface area contributed by atoms with Crippen LogP contribution in [0.4, 0.5) is 11.4 Å². The van der Waals surface area contributed by atoms with Crippen LogP contribution < -0.4 is 11.1 Å². The standard InChI is InChI=1S/C22H20N2O/c1-16(22(23)25)21(17-8-4-2-5-9-17)18-12-14-20(15-13-18)24-19-10-6-3-7-11-19/h2-15,21,24H,1H2,(H2,23,25). The summed E-state index contributed by atoms with van der Waals surface area (Å²) in [4.78, 5) is 11.7. The van der Waals surface area contributed by atoms with Crippen molar-refractivity contribution >= 4 is 17.3 Å². The van der Waals surface area contributed by atoms with Crippen LogP contribution in [0.25, 0.3) is 0 Å². The van der Waals surface area contributed by atoms with E-state index in [2.05, 4.69) is 11.9 Å². The van der Waals surface area contributed by atoms with Crippen LogP contribution >= 0.6 is 0 Å². The Morgan fingerprint density at radius 2 is 1.24 bits per heavy atom. The first kappa shape index (κ1) is 16.5. The zero-order valence-corrected chi connectivity index (χ0v) is 13.9. The third-order valence-corrected chi connectivity index (χ3v) is 4.10. The minimum atomic E-state index is -0.486. The fraction of sp³-hybridized carbons (Fsp3) is 0.0455. The van der Waals surface area contributed by atoms with Crippen LogP contribution in [-0.2, 0) is 4.79 Å². The molecule has 1 amide bonds. The number of anilines is 2. The number of nitrogens with two attached hydrogens (primary N) is 1. The van der Waals surface area contributed by atoms with Gasteiger partial charge < -0.3 is 11.1 Å². The second-order valence-electron chi connectivity index (χ2n) is 5.85. The van der Waals surface area contributed by atoms with Gasteiger partial charge in [-0.25, -0.2) is 0 Å². The normalized spacial score (nSPS) is 11.5. The van der Waals surface area contributed by atoms with Gasteiger partial charge in [-0.2, -0.15) is 0 Å². The average Bonchev–Trinajstić information content (AvgIpc) is 2.65. The number of rotatable bonds is 6. The third-order valence-electron chi connectivity index (χ3n) is 4.10. The number of primary amides is 1. The first-order chi connectivity index (χ1) is 12.1. The summed E-state index contributed by atoms with van der Waals surface area (Å²) in [6.07, 6.45) is 0. The predicted molar refractivity (Wildman–Crippen MR) is 103 cm³/mol. The monoisotopic (exact) mass is 328 g/mol. The zero-order valence-electron chi connectivity index (χ0n) is 13.9. The minimum absolute atomic E-state index is 0.246. The molecule has 0 aromatic heterocycles. The van der Waals surface area contributed by atoms with E-state index in [9.17, 15) is 4.79 Å². The van der Waals surface area contributed by atoms with E-state index in [0.717, 1.165) is 22.5 Å². The molecule has 0 spiro atoms. The lowest BCUT2D eigenvalue weighted by Gasteiger charge is -2.19. The molecule has 0 saturated heterocycles. The van der Waals surface area contributed by atoms with E-state index in [1.165, 1.54) is 0 Å². The summed E-state index contributed by atoms with van der Waals surface area (Å²) in [5.74, 6) is -0.732. The van der Waals surface area contributed by atoms with Gasteiger partial charge in [0.15, 0.2) is 0 Å². The number of para-hydroxylation sites is 1. The minimum Gasteiger partial charge on any atom is -0.366 e. The van der Waals surface area contributed by atoms with E-state index in [-0.39, 0.29) is 5.92 Å². The molecule has 3 nitrogen and oxygen atoms in total. The lowest BCUT2D eigenvalue weighted by molar-refractivity contribution is -0.114. The van der Waals surface area contributed by atoms with Crippen molar-refractivity contribution in [2.75, 3.05) is 5.32 Å². The largest absolute Gasteiger partial charge is 0.366 e. The molecule has 1 unspecified atom stereocenters. The van der Waals surface area contributed by atoms with Gasteiger partial charge in [0.2, 0.25) is 5.91 Å². The van der Waals surface area contributed by atoms with Crippen molar-refractivity contribution in [3.63, 3.8) is 0 Å². The summed E-state index contributed by atoms with van der Waals surface area (Å²) in [6, 6.07) is 27.7. The SMILES string of the molecule is C=C(C(N)=O)C(c1ccccc1)c1ccc(Nc2ccccc2)cc1. The van der Waals surface area contributed by atoms with Gasteiger partial charge in [-0.3, -0.25) is 4.79 Å². The maximum atomic E-state index is 11.7. The number of benzene rings is 3. The Morgan fingerprint density at radius 3 is 1.80 bits per heavy atom. The molecule has 3 rings (SSSR count). The van der Waals surface area contributed by atoms with Crippen molar-refractivity contribution in [1.82, 2.24) is 0 Å². The summed E-state index contributed by atoms with van der Waals surface area (Å²) >= 11 is 0. The highest BCUT2D eigenvalue weighted by molar-refractivity contribution is 5.93. The number of hydrogen-bond acceptors (Lipinski definition) is 2. The van der Waals surface area contributed by atoms with Crippen LogP contribution in [0.1, 0.15) is 17.0 Å². The van der Waals surface area contributed by atoms with Crippen LogP contribution in [0.15, 0.2) is 97.1 Å². The highest BCUT2D eigenvalue weighted by atomic mass is 16.1. The van der Waals surface area contributed by atoms with Gasteiger partial charge in [0.05, 0.1) is 0 Å². The van der Waals surface area contributed by atoms with Crippen molar-refractivity contribution in [2.45, 2.75) is 5.92 Å². The van der Waals surface area contributed by atoms with Gasteiger partial charge in [-0.15, -0.1) is 0 Å². The maximum absolute atomic E-state index is 11.7. The summed E-state index contributed by atoms with van der Waals surface area (Å²) in [7, 11) is 0. The van der Waals surface area contributed by atoms with Gasteiger partial charge >= 0.3 is 0 Å². The second-order valence-corrected chi connectivity index (χ2v) is 5.85. The topological polar surface area (TPSA) is 55.1 Å². The average molecular weight is 328 g/mol. The maximum Gasteiger partial charge on any atom is 0.244 e. The highest BCUT2D eigenvalue weighted by Crippen LogP contribution is 2.31. The van der Waals surface area contributed by atoms with Crippen molar-refractivity contribution in [1.29, 1.82) is 0 Å². The molecule has 3 aromatic carbocycles. The van der Waals surface area contributed by atoms with E-state index in [1.54, 1.807) is 0 Å². The Bertz CT molecular complexity index is 856. The van der Waals surface area contributed by atoms with Gasteiger partial charge in [0, 0.05) is 22.9 Å². The van der Waals surface area contributed by atoms with E-state index in [4.69, 9.17) is 5.73 Å².